The fourth-order valence-electron chi connectivity index (χ4n) is 0.894. The number of hydrogen-bond donors (Lipinski definition) is 2. The van der Waals surface area contributed by atoms with Gasteiger partial charge in [-0.15, -0.1) is 0 Å². The van der Waals surface area contributed by atoms with Crippen molar-refractivity contribution < 1.29 is 9.53 Å². The van der Waals surface area contributed by atoms with E-state index >= 15 is 0 Å². The zero-order valence-corrected chi connectivity index (χ0v) is 9.59. The first-order valence-corrected chi connectivity index (χ1v) is 5.00. The molecule has 84 valence electrons. The van der Waals surface area contributed by atoms with Gasteiger partial charge in [-0.05, 0) is 12.3 Å². The summed E-state index contributed by atoms with van der Waals surface area (Å²) in [5.41, 5.74) is 5.56. The molecule has 0 fully saturated rings. The summed E-state index contributed by atoms with van der Waals surface area (Å²) in [6, 6.07) is -0.468. The lowest BCUT2D eigenvalue weighted by molar-refractivity contribution is -0.124. The number of ether oxygens (including phenoxy) is 1. The third kappa shape index (κ3) is 5.19. The lowest BCUT2D eigenvalue weighted by Gasteiger charge is -2.25. The average molecular weight is 202 g/mol. The molecule has 0 bridgehead atoms. The van der Waals surface area contributed by atoms with Crippen molar-refractivity contribution in [3.8, 4) is 0 Å². The summed E-state index contributed by atoms with van der Waals surface area (Å²) in [6.07, 6.45) is 0. The highest BCUT2D eigenvalue weighted by molar-refractivity contribution is 5.82. The molecule has 0 aromatic carbocycles. The Morgan fingerprint density at radius 3 is 2.50 bits per heavy atom. The quantitative estimate of drug-likeness (QED) is 0.639. The molecule has 0 radical (unpaired) electrons. The Bertz CT molecular complexity index is 175. The summed E-state index contributed by atoms with van der Waals surface area (Å²) in [5, 5.41) is 2.73. The molecule has 0 saturated heterocycles. The molecule has 0 aliphatic rings. The first-order chi connectivity index (χ1) is 6.39. The van der Waals surface area contributed by atoms with Gasteiger partial charge >= 0.3 is 0 Å². The van der Waals surface area contributed by atoms with Crippen LogP contribution in [0.25, 0.3) is 0 Å². The van der Waals surface area contributed by atoms with Crippen LogP contribution in [0.2, 0.25) is 0 Å². The Labute approximate surface area is 86.2 Å². The summed E-state index contributed by atoms with van der Waals surface area (Å²) in [6.45, 7) is 9.48. The summed E-state index contributed by atoms with van der Waals surface area (Å²) in [7, 11) is 0. The average Bonchev–Trinajstić information content (AvgIpc) is 2.09. The van der Waals surface area contributed by atoms with Crippen LogP contribution in [0.5, 0.6) is 0 Å². The fourth-order valence-corrected chi connectivity index (χ4v) is 0.894. The molecule has 4 heteroatoms. The van der Waals surface area contributed by atoms with Gasteiger partial charge in [-0.1, -0.05) is 20.8 Å². The largest absolute Gasteiger partial charge is 0.380 e. The molecule has 1 atom stereocenters. The van der Waals surface area contributed by atoms with Crippen molar-refractivity contribution in [2.75, 3.05) is 19.8 Å². The topological polar surface area (TPSA) is 64.3 Å². The van der Waals surface area contributed by atoms with Gasteiger partial charge in [0.15, 0.2) is 0 Å². The SMILES string of the molecule is CCOCCNC(=O)C(N)C(C)(C)C. The second-order valence-corrected chi connectivity index (χ2v) is 4.33. The molecular weight excluding hydrogens is 180 g/mol. The molecule has 1 amide bonds. The summed E-state index contributed by atoms with van der Waals surface area (Å²) >= 11 is 0. The van der Waals surface area contributed by atoms with Gasteiger partial charge in [0, 0.05) is 13.2 Å². The zero-order valence-electron chi connectivity index (χ0n) is 9.59. The van der Waals surface area contributed by atoms with E-state index in [0.717, 1.165) is 0 Å². The van der Waals surface area contributed by atoms with Crippen molar-refractivity contribution in [3.05, 3.63) is 0 Å². The van der Waals surface area contributed by atoms with E-state index in [1.165, 1.54) is 0 Å². The van der Waals surface area contributed by atoms with Crippen LogP contribution in [0.1, 0.15) is 27.7 Å². The summed E-state index contributed by atoms with van der Waals surface area (Å²) < 4.78 is 5.09. The van der Waals surface area contributed by atoms with Gasteiger partial charge < -0.3 is 15.8 Å². The molecule has 0 rings (SSSR count). The summed E-state index contributed by atoms with van der Waals surface area (Å²) in [4.78, 5) is 11.5. The molecule has 0 aromatic rings. The van der Waals surface area contributed by atoms with Gasteiger partial charge in [-0.3, -0.25) is 4.79 Å². The summed E-state index contributed by atoms with van der Waals surface area (Å²) in [5.74, 6) is -0.114. The fraction of sp³-hybridized carbons (Fsp3) is 0.900. The highest BCUT2D eigenvalue weighted by Crippen LogP contribution is 2.16. The minimum atomic E-state index is -0.468. The molecule has 4 nitrogen and oxygen atoms in total. The maximum Gasteiger partial charge on any atom is 0.237 e. The van der Waals surface area contributed by atoms with Crippen molar-refractivity contribution in [2.24, 2.45) is 11.1 Å². The molecule has 0 saturated carbocycles. The standard InChI is InChI=1S/C10H22N2O2/c1-5-14-7-6-12-9(13)8(11)10(2,3)4/h8H,5-7,11H2,1-4H3,(H,12,13). The first-order valence-electron chi connectivity index (χ1n) is 5.00. The number of nitrogens with two attached hydrogens (primary N) is 1. The predicted octanol–water partition coefficient (Wildman–Crippen LogP) is 0.513. The number of hydrogen-bond acceptors (Lipinski definition) is 3. The van der Waals surface area contributed by atoms with E-state index in [1.807, 2.05) is 27.7 Å². The van der Waals surface area contributed by atoms with Crippen molar-refractivity contribution in [1.29, 1.82) is 0 Å². The number of nitrogens with one attached hydrogen (secondary N) is 1. The van der Waals surface area contributed by atoms with Crippen molar-refractivity contribution in [2.45, 2.75) is 33.7 Å². The van der Waals surface area contributed by atoms with Gasteiger partial charge in [-0.2, -0.15) is 0 Å². The third-order valence-corrected chi connectivity index (χ3v) is 1.97. The van der Waals surface area contributed by atoms with E-state index in [0.29, 0.717) is 19.8 Å². The Kier molecular flexibility index (Phi) is 5.72. The van der Waals surface area contributed by atoms with Crippen LogP contribution in [0, 0.1) is 5.41 Å². The maximum atomic E-state index is 11.5. The molecule has 0 heterocycles. The van der Waals surface area contributed by atoms with Crippen LogP contribution in [0.4, 0.5) is 0 Å². The molecular formula is C10H22N2O2. The van der Waals surface area contributed by atoms with E-state index < -0.39 is 6.04 Å². The van der Waals surface area contributed by atoms with Gasteiger partial charge in [0.25, 0.3) is 0 Å². The number of carbonyl (C=O) groups excluding carboxylic acids is 1. The molecule has 3 N–H and O–H groups in total. The first kappa shape index (κ1) is 13.4. The number of rotatable bonds is 5. The molecule has 0 aromatic heterocycles. The lowest BCUT2D eigenvalue weighted by atomic mass is 9.87. The Morgan fingerprint density at radius 2 is 2.07 bits per heavy atom. The van der Waals surface area contributed by atoms with E-state index in [-0.39, 0.29) is 11.3 Å². The van der Waals surface area contributed by atoms with Crippen LogP contribution in [-0.4, -0.2) is 31.7 Å². The van der Waals surface area contributed by atoms with Gasteiger partial charge in [0.2, 0.25) is 5.91 Å². The van der Waals surface area contributed by atoms with Crippen LogP contribution in [0.3, 0.4) is 0 Å². The Hall–Kier alpha value is -0.610. The molecule has 0 aliphatic heterocycles. The van der Waals surface area contributed by atoms with Crippen molar-refractivity contribution in [3.63, 3.8) is 0 Å². The van der Waals surface area contributed by atoms with Crippen LogP contribution >= 0.6 is 0 Å². The Balaban J connectivity index is 3.74. The third-order valence-electron chi connectivity index (χ3n) is 1.97. The second-order valence-electron chi connectivity index (χ2n) is 4.33. The molecule has 0 aliphatic carbocycles. The minimum absolute atomic E-state index is 0.114. The van der Waals surface area contributed by atoms with Gasteiger partial charge in [-0.25, -0.2) is 0 Å². The van der Waals surface area contributed by atoms with E-state index in [9.17, 15) is 4.79 Å². The monoisotopic (exact) mass is 202 g/mol. The maximum absolute atomic E-state index is 11.5. The van der Waals surface area contributed by atoms with E-state index in [1.54, 1.807) is 0 Å². The van der Waals surface area contributed by atoms with E-state index in [2.05, 4.69) is 5.32 Å². The highest BCUT2D eigenvalue weighted by atomic mass is 16.5. The molecule has 14 heavy (non-hydrogen) atoms. The van der Waals surface area contributed by atoms with Crippen LogP contribution < -0.4 is 11.1 Å². The number of amides is 1. The normalized spacial score (nSPS) is 13.8. The molecule has 1 unspecified atom stereocenters. The zero-order chi connectivity index (χ0) is 11.2. The Morgan fingerprint density at radius 1 is 1.50 bits per heavy atom. The van der Waals surface area contributed by atoms with Gasteiger partial charge in [0.05, 0.1) is 12.6 Å². The minimum Gasteiger partial charge on any atom is -0.380 e. The van der Waals surface area contributed by atoms with Crippen molar-refractivity contribution in [1.82, 2.24) is 5.32 Å². The molecule has 0 spiro atoms. The predicted molar refractivity (Wildman–Crippen MR) is 56.9 cm³/mol. The smallest absolute Gasteiger partial charge is 0.237 e. The lowest BCUT2D eigenvalue weighted by Crippen LogP contribution is -2.49. The van der Waals surface area contributed by atoms with Crippen LogP contribution in [-0.2, 0) is 9.53 Å². The second kappa shape index (κ2) is 5.98. The highest BCUT2D eigenvalue weighted by Gasteiger charge is 2.26. The van der Waals surface area contributed by atoms with E-state index in [4.69, 9.17) is 10.5 Å². The van der Waals surface area contributed by atoms with Crippen LogP contribution in [0.15, 0.2) is 0 Å². The van der Waals surface area contributed by atoms with Gasteiger partial charge in [0.1, 0.15) is 0 Å². The number of carbonyl (C=O) groups is 1. The van der Waals surface area contributed by atoms with Crippen molar-refractivity contribution >= 4 is 5.91 Å².